The average Bonchev–Trinajstić information content (AvgIpc) is 2.12. The highest BCUT2D eigenvalue weighted by Gasteiger charge is 2.47. The van der Waals surface area contributed by atoms with Crippen molar-refractivity contribution < 1.29 is 0 Å². The predicted molar refractivity (Wildman–Crippen MR) is 70.5 cm³/mol. The highest BCUT2D eigenvalue weighted by Crippen LogP contribution is 2.37. The van der Waals surface area contributed by atoms with Crippen LogP contribution in [0.1, 0.15) is 26.5 Å². The molecule has 2 saturated heterocycles. The summed E-state index contributed by atoms with van der Waals surface area (Å²) in [6, 6.07) is 4.38. The molecular formula is C14H21N3. The van der Waals surface area contributed by atoms with Gasteiger partial charge in [0.1, 0.15) is 0 Å². The molecule has 0 unspecified atom stereocenters. The van der Waals surface area contributed by atoms with Gasteiger partial charge in [0.25, 0.3) is 0 Å². The van der Waals surface area contributed by atoms with E-state index in [2.05, 4.69) is 48.1 Å². The van der Waals surface area contributed by atoms with Crippen LogP contribution in [0.25, 0.3) is 0 Å². The molecule has 0 atom stereocenters. The summed E-state index contributed by atoms with van der Waals surface area (Å²) in [4.78, 5) is 7.02. The maximum atomic E-state index is 4.59. The van der Waals surface area contributed by atoms with Gasteiger partial charge in [0.15, 0.2) is 0 Å². The van der Waals surface area contributed by atoms with Gasteiger partial charge in [-0.05, 0) is 12.1 Å². The van der Waals surface area contributed by atoms with Crippen molar-refractivity contribution in [2.45, 2.75) is 26.2 Å². The molecule has 1 aromatic rings. The van der Waals surface area contributed by atoms with Crippen molar-refractivity contribution in [2.24, 2.45) is 5.41 Å². The lowest BCUT2D eigenvalue weighted by molar-refractivity contribution is 0.121. The van der Waals surface area contributed by atoms with Gasteiger partial charge in [-0.2, -0.15) is 0 Å². The van der Waals surface area contributed by atoms with Gasteiger partial charge in [0.05, 0.1) is 11.9 Å². The zero-order chi connectivity index (χ0) is 12.1. The minimum Gasteiger partial charge on any atom is -0.369 e. The summed E-state index contributed by atoms with van der Waals surface area (Å²) < 4.78 is 0. The molecule has 2 fully saturated rings. The number of pyridine rings is 1. The van der Waals surface area contributed by atoms with E-state index in [1.165, 1.54) is 37.6 Å². The van der Waals surface area contributed by atoms with Crippen molar-refractivity contribution in [1.29, 1.82) is 0 Å². The van der Waals surface area contributed by atoms with Crippen molar-refractivity contribution in [3.63, 3.8) is 0 Å². The normalized spacial score (nSPS) is 22.2. The molecule has 0 aliphatic carbocycles. The third kappa shape index (κ3) is 1.82. The van der Waals surface area contributed by atoms with Gasteiger partial charge in [-0.15, -0.1) is 0 Å². The fourth-order valence-corrected chi connectivity index (χ4v) is 2.66. The van der Waals surface area contributed by atoms with Gasteiger partial charge >= 0.3 is 0 Å². The molecule has 1 aromatic heterocycles. The van der Waals surface area contributed by atoms with Crippen LogP contribution in [0.2, 0.25) is 0 Å². The summed E-state index contributed by atoms with van der Waals surface area (Å²) >= 11 is 0. The fraction of sp³-hybridized carbons (Fsp3) is 0.643. The molecule has 1 N–H and O–H groups in total. The first-order valence-electron chi connectivity index (χ1n) is 6.41. The molecule has 0 bridgehead atoms. The Balaban J connectivity index is 1.69. The lowest BCUT2D eigenvalue weighted by Gasteiger charge is -2.57. The van der Waals surface area contributed by atoms with Gasteiger partial charge in [-0.1, -0.05) is 20.8 Å². The quantitative estimate of drug-likeness (QED) is 0.798. The van der Waals surface area contributed by atoms with Crippen molar-refractivity contribution in [3.05, 3.63) is 24.0 Å². The summed E-state index contributed by atoms with van der Waals surface area (Å²) in [7, 11) is 0. The SMILES string of the molecule is CC(C)(C)c1ccc(N2CC3(CNC3)C2)cn1. The molecule has 3 heteroatoms. The highest BCUT2D eigenvalue weighted by molar-refractivity contribution is 5.49. The van der Waals surface area contributed by atoms with Gasteiger partial charge in [-0.25, -0.2) is 0 Å². The second-order valence-electron chi connectivity index (χ2n) is 6.61. The van der Waals surface area contributed by atoms with Gasteiger partial charge < -0.3 is 10.2 Å². The van der Waals surface area contributed by atoms with E-state index in [4.69, 9.17) is 0 Å². The van der Waals surface area contributed by atoms with E-state index in [0.29, 0.717) is 5.41 Å². The molecule has 3 rings (SSSR count). The largest absolute Gasteiger partial charge is 0.369 e. The molecule has 0 radical (unpaired) electrons. The molecule has 0 amide bonds. The molecule has 0 aromatic carbocycles. The van der Waals surface area contributed by atoms with E-state index in [-0.39, 0.29) is 5.41 Å². The second kappa shape index (κ2) is 3.45. The molecular weight excluding hydrogens is 210 g/mol. The van der Waals surface area contributed by atoms with Crippen molar-refractivity contribution in [2.75, 3.05) is 31.1 Å². The van der Waals surface area contributed by atoms with E-state index in [1.54, 1.807) is 0 Å². The smallest absolute Gasteiger partial charge is 0.0553 e. The maximum absolute atomic E-state index is 4.59. The number of aromatic nitrogens is 1. The monoisotopic (exact) mass is 231 g/mol. The Morgan fingerprint density at radius 3 is 2.35 bits per heavy atom. The van der Waals surface area contributed by atoms with Crippen LogP contribution in [-0.2, 0) is 5.41 Å². The Morgan fingerprint density at radius 1 is 1.24 bits per heavy atom. The third-order valence-electron chi connectivity index (χ3n) is 3.93. The Kier molecular flexibility index (Phi) is 2.24. The van der Waals surface area contributed by atoms with Gasteiger partial charge in [-0.3, -0.25) is 4.98 Å². The Labute approximate surface area is 103 Å². The Morgan fingerprint density at radius 2 is 1.94 bits per heavy atom. The van der Waals surface area contributed by atoms with Crippen LogP contribution in [0.4, 0.5) is 5.69 Å². The number of nitrogens with zero attached hydrogens (tertiary/aromatic N) is 2. The van der Waals surface area contributed by atoms with E-state index in [9.17, 15) is 0 Å². The molecule has 2 aliphatic rings. The fourth-order valence-electron chi connectivity index (χ4n) is 2.66. The molecule has 17 heavy (non-hydrogen) atoms. The lowest BCUT2D eigenvalue weighted by Crippen LogP contribution is -2.71. The number of rotatable bonds is 1. The molecule has 1 spiro atoms. The van der Waals surface area contributed by atoms with E-state index in [1.807, 2.05) is 6.20 Å². The van der Waals surface area contributed by atoms with E-state index >= 15 is 0 Å². The lowest BCUT2D eigenvalue weighted by atomic mass is 9.74. The standard InChI is InChI=1S/C14H21N3/c1-13(2,3)12-5-4-11(6-16-12)17-9-14(10-17)7-15-8-14/h4-6,15H,7-10H2,1-3H3. The van der Waals surface area contributed by atoms with Crippen LogP contribution >= 0.6 is 0 Å². The predicted octanol–water partition coefficient (Wildman–Crippen LogP) is 1.79. The van der Waals surface area contributed by atoms with Crippen molar-refractivity contribution in [1.82, 2.24) is 10.3 Å². The Bertz CT molecular complexity index is 404. The summed E-state index contributed by atoms with van der Waals surface area (Å²) in [5.41, 5.74) is 3.17. The van der Waals surface area contributed by atoms with Crippen LogP contribution < -0.4 is 10.2 Å². The van der Waals surface area contributed by atoms with E-state index < -0.39 is 0 Å². The first-order chi connectivity index (χ1) is 7.99. The summed E-state index contributed by atoms with van der Waals surface area (Å²) in [5.74, 6) is 0. The van der Waals surface area contributed by atoms with Gasteiger partial charge in [0, 0.05) is 42.7 Å². The van der Waals surface area contributed by atoms with Crippen molar-refractivity contribution >= 4 is 5.69 Å². The summed E-state index contributed by atoms with van der Waals surface area (Å²) in [5, 5.41) is 3.36. The molecule has 3 heterocycles. The second-order valence-corrected chi connectivity index (χ2v) is 6.61. The van der Waals surface area contributed by atoms with Crippen LogP contribution in [0.15, 0.2) is 18.3 Å². The summed E-state index contributed by atoms with van der Waals surface area (Å²) in [6.07, 6.45) is 2.03. The van der Waals surface area contributed by atoms with Crippen LogP contribution in [0.5, 0.6) is 0 Å². The van der Waals surface area contributed by atoms with Crippen LogP contribution in [0.3, 0.4) is 0 Å². The van der Waals surface area contributed by atoms with Crippen LogP contribution in [-0.4, -0.2) is 31.2 Å². The topological polar surface area (TPSA) is 28.2 Å². The molecule has 0 saturated carbocycles. The van der Waals surface area contributed by atoms with Crippen molar-refractivity contribution in [3.8, 4) is 0 Å². The number of anilines is 1. The first-order valence-corrected chi connectivity index (χ1v) is 6.41. The van der Waals surface area contributed by atoms with E-state index in [0.717, 1.165) is 0 Å². The molecule has 3 nitrogen and oxygen atoms in total. The highest BCUT2D eigenvalue weighted by atomic mass is 15.3. The number of nitrogens with one attached hydrogen (secondary N) is 1. The average molecular weight is 231 g/mol. The Hall–Kier alpha value is -1.09. The number of hydrogen-bond donors (Lipinski definition) is 1. The third-order valence-corrected chi connectivity index (χ3v) is 3.93. The molecule has 92 valence electrons. The van der Waals surface area contributed by atoms with Crippen LogP contribution in [0, 0.1) is 5.41 Å². The maximum Gasteiger partial charge on any atom is 0.0553 e. The number of hydrogen-bond acceptors (Lipinski definition) is 3. The van der Waals surface area contributed by atoms with Gasteiger partial charge in [0.2, 0.25) is 0 Å². The summed E-state index contributed by atoms with van der Waals surface area (Å²) in [6.45, 7) is 11.4. The zero-order valence-corrected chi connectivity index (χ0v) is 11.0. The minimum absolute atomic E-state index is 0.145. The zero-order valence-electron chi connectivity index (χ0n) is 11.0. The molecule has 2 aliphatic heterocycles. The minimum atomic E-state index is 0.145. The first kappa shape index (κ1) is 11.0.